The third-order valence-electron chi connectivity index (χ3n) is 5.50. The van der Waals surface area contributed by atoms with Crippen molar-refractivity contribution >= 4 is 5.91 Å². The molecule has 0 aliphatic heterocycles. The number of para-hydroxylation sites is 1. The fourth-order valence-corrected chi connectivity index (χ4v) is 3.90. The van der Waals surface area contributed by atoms with Crippen LogP contribution in [0.4, 0.5) is 13.2 Å². The van der Waals surface area contributed by atoms with E-state index in [9.17, 15) is 28.1 Å². The number of nitro groups is 1. The van der Waals surface area contributed by atoms with Gasteiger partial charge in [-0.05, 0) is 18.1 Å². The van der Waals surface area contributed by atoms with Crippen LogP contribution < -0.4 is 4.74 Å². The van der Waals surface area contributed by atoms with Gasteiger partial charge in [-0.2, -0.15) is 13.2 Å². The normalized spacial score (nSPS) is 13.2. The zero-order valence-corrected chi connectivity index (χ0v) is 18.8. The van der Waals surface area contributed by atoms with Crippen LogP contribution in [0.3, 0.4) is 0 Å². The van der Waals surface area contributed by atoms with E-state index in [1.54, 1.807) is 42.5 Å². The fourth-order valence-electron chi connectivity index (χ4n) is 3.90. The topological polar surface area (TPSA) is 72.7 Å². The van der Waals surface area contributed by atoms with Crippen LogP contribution in [-0.4, -0.2) is 35.1 Å². The first kappa shape index (κ1) is 26.2. The van der Waals surface area contributed by atoms with Gasteiger partial charge in [0.1, 0.15) is 11.8 Å². The lowest BCUT2D eigenvalue weighted by Gasteiger charge is -2.34. The van der Waals surface area contributed by atoms with Crippen LogP contribution in [-0.2, 0) is 11.3 Å². The van der Waals surface area contributed by atoms with Crippen LogP contribution in [0.15, 0.2) is 54.6 Å². The molecule has 6 nitrogen and oxygen atoms in total. The Balaban J connectivity index is 2.58. The molecule has 0 aromatic heterocycles. The zero-order chi connectivity index (χ0) is 24.4. The van der Waals surface area contributed by atoms with Gasteiger partial charge in [-0.3, -0.25) is 14.9 Å². The minimum atomic E-state index is -5.20. The molecule has 0 aliphatic carbocycles. The molecule has 0 aliphatic rings. The third kappa shape index (κ3) is 7.20. The van der Waals surface area contributed by atoms with Crippen molar-refractivity contribution in [2.24, 2.45) is 0 Å². The summed E-state index contributed by atoms with van der Waals surface area (Å²) in [4.78, 5) is 24.7. The molecule has 2 aromatic rings. The van der Waals surface area contributed by atoms with E-state index in [4.69, 9.17) is 4.74 Å². The molecule has 2 rings (SSSR count). The average Bonchev–Trinajstić information content (AvgIpc) is 2.79. The molecule has 0 saturated heterocycles. The van der Waals surface area contributed by atoms with Crippen LogP contribution in [0.2, 0.25) is 0 Å². The van der Waals surface area contributed by atoms with Crippen molar-refractivity contribution < 1.29 is 27.6 Å². The molecule has 33 heavy (non-hydrogen) atoms. The van der Waals surface area contributed by atoms with E-state index < -0.39 is 35.6 Å². The molecule has 0 unspecified atom stereocenters. The Morgan fingerprint density at radius 2 is 1.70 bits per heavy atom. The Kier molecular flexibility index (Phi) is 9.69. The number of ether oxygens (including phenoxy) is 1. The summed E-state index contributed by atoms with van der Waals surface area (Å²) in [5, 5.41) is 12.1. The predicted molar refractivity (Wildman–Crippen MR) is 118 cm³/mol. The minimum Gasteiger partial charge on any atom is -0.496 e. The number of carbonyl (C=O) groups is 1. The van der Waals surface area contributed by atoms with E-state index in [0.717, 1.165) is 19.3 Å². The number of methoxy groups -OCH3 is 1. The first-order chi connectivity index (χ1) is 15.7. The summed E-state index contributed by atoms with van der Waals surface area (Å²) in [5.41, 5.74) is 0.605. The highest BCUT2D eigenvalue weighted by molar-refractivity contribution is 5.82. The van der Waals surface area contributed by atoms with Crippen LogP contribution >= 0.6 is 0 Å². The number of hydrogen-bond acceptors (Lipinski definition) is 4. The molecule has 0 spiro atoms. The molecule has 0 heterocycles. The van der Waals surface area contributed by atoms with E-state index in [1.165, 1.54) is 19.2 Å². The fraction of sp³-hybridized carbons (Fsp3) is 0.458. The summed E-state index contributed by atoms with van der Waals surface area (Å²) >= 11 is 0. The first-order valence-corrected chi connectivity index (χ1v) is 10.9. The SMILES string of the molecule is CCCCCC[C@H]([C@H](c1ccccc1)N(Cc1ccccc1OC)C(=O)C(F)(F)F)[N+](=O)[O-]. The highest BCUT2D eigenvalue weighted by atomic mass is 19.4. The average molecular weight is 467 g/mol. The quantitative estimate of drug-likeness (QED) is 0.220. The number of nitrogens with zero attached hydrogens (tertiary/aromatic N) is 2. The lowest BCUT2D eigenvalue weighted by molar-refractivity contribution is -0.532. The van der Waals surface area contributed by atoms with E-state index in [0.29, 0.717) is 22.6 Å². The number of halogens is 3. The number of alkyl halides is 3. The van der Waals surface area contributed by atoms with Gasteiger partial charge in [-0.1, -0.05) is 74.7 Å². The van der Waals surface area contributed by atoms with Gasteiger partial charge in [0.05, 0.1) is 13.7 Å². The van der Waals surface area contributed by atoms with Crippen molar-refractivity contribution in [3.05, 3.63) is 75.8 Å². The molecule has 2 atom stereocenters. The van der Waals surface area contributed by atoms with Gasteiger partial charge in [-0.15, -0.1) is 0 Å². The first-order valence-electron chi connectivity index (χ1n) is 10.9. The number of carbonyl (C=O) groups excluding carboxylic acids is 1. The van der Waals surface area contributed by atoms with Crippen LogP contribution in [0.25, 0.3) is 0 Å². The van der Waals surface area contributed by atoms with Crippen LogP contribution in [0, 0.1) is 10.1 Å². The van der Waals surface area contributed by atoms with E-state index in [-0.39, 0.29) is 12.0 Å². The Labute approximate surface area is 191 Å². The van der Waals surface area contributed by atoms with Gasteiger partial charge in [0.2, 0.25) is 6.04 Å². The Morgan fingerprint density at radius 1 is 1.06 bits per heavy atom. The molecule has 2 aromatic carbocycles. The Morgan fingerprint density at radius 3 is 2.27 bits per heavy atom. The molecule has 1 amide bonds. The molecule has 0 N–H and O–H groups in total. The van der Waals surface area contributed by atoms with Crippen molar-refractivity contribution in [2.75, 3.05) is 7.11 Å². The van der Waals surface area contributed by atoms with Gasteiger partial charge in [0.25, 0.3) is 0 Å². The molecule has 9 heteroatoms. The molecular weight excluding hydrogens is 437 g/mol. The third-order valence-corrected chi connectivity index (χ3v) is 5.50. The van der Waals surface area contributed by atoms with Gasteiger partial charge < -0.3 is 9.64 Å². The van der Waals surface area contributed by atoms with Gasteiger partial charge >= 0.3 is 12.1 Å². The second-order valence-corrected chi connectivity index (χ2v) is 7.80. The minimum absolute atomic E-state index is 0.0557. The summed E-state index contributed by atoms with van der Waals surface area (Å²) in [6.45, 7) is 1.51. The second kappa shape index (κ2) is 12.2. The van der Waals surface area contributed by atoms with Gasteiger partial charge in [0.15, 0.2) is 0 Å². The van der Waals surface area contributed by atoms with E-state index in [1.807, 2.05) is 6.92 Å². The monoisotopic (exact) mass is 466 g/mol. The molecule has 0 saturated carbocycles. The Bertz CT molecular complexity index is 906. The summed E-state index contributed by atoms with van der Waals surface area (Å²) in [6.07, 6.45) is -2.16. The summed E-state index contributed by atoms with van der Waals surface area (Å²) in [7, 11) is 1.37. The number of amides is 1. The molecular formula is C24H29F3N2O4. The van der Waals surface area contributed by atoms with Crippen molar-refractivity contribution in [1.29, 1.82) is 0 Å². The number of benzene rings is 2. The Hall–Kier alpha value is -3.10. The van der Waals surface area contributed by atoms with Crippen LogP contribution in [0.1, 0.15) is 56.2 Å². The summed E-state index contributed by atoms with van der Waals surface area (Å²) in [6, 6.07) is 11.5. The maximum atomic E-state index is 13.7. The van der Waals surface area contributed by atoms with Crippen molar-refractivity contribution in [3.63, 3.8) is 0 Å². The number of unbranched alkanes of at least 4 members (excludes halogenated alkanes) is 3. The van der Waals surface area contributed by atoms with Crippen molar-refractivity contribution in [3.8, 4) is 5.75 Å². The van der Waals surface area contributed by atoms with E-state index in [2.05, 4.69) is 0 Å². The lowest BCUT2D eigenvalue weighted by atomic mass is 9.92. The predicted octanol–water partition coefficient (Wildman–Crippen LogP) is 5.94. The molecule has 0 fully saturated rings. The maximum absolute atomic E-state index is 13.7. The molecule has 0 bridgehead atoms. The number of rotatable bonds is 12. The lowest BCUT2D eigenvalue weighted by Crippen LogP contribution is -2.48. The highest BCUT2D eigenvalue weighted by Gasteiger charge is 2.49. The maximum Gasteiger partial charge on any atom is 0.471 e. The summed E-state index contributed by atoms with van der Waals surface area (Å²) < 4.78 is 46.3. The smallest absolute Gasteiger partial charge is 0.471 e. The van der Waals surface area contributed by atoms with Crippen LogP contribution in [0.5, 0.6) is 5.75 Å². The van der Waals surface area contributed by atoms with Gasteiger partial charge in [-0.25, -0.2) is 0 Å². The second-order valence-electron chi connectivity index (χ2n) is 7.80. The van der Waals surface area contributed by atoms with Crippen molar-refractivity contribution in [1.82, 2.24) is 4.90 Å². The van der Waals surface area contributed by atoms with E-state index >= 15 is 0 Å². The van der Waals surface area contributed by atoms with Gasteiger partial charge in [0, 0.05) is 16.9 Å². The number of hydrogen-bond donors (Lipinski definition) is 0. The standard InChI is InChI=1S/C24H29F3N2O4/c1-3-4-5-9-15-20(29(31)32)22(18-12-7-6-8-13-18)28(23(30)24(25,26)27)17-19-14-10-11-16-21(19)33-2/h6-8,10-14,16,20,22H,3-5,9,15,17H2,1-2H3/t20-,22+/m1/s1. The molecule has 0 radical (unpaired) electrons. The molecule has 180 valence electrons. The largest absolute Gasteiger partial charge is 0.496 e. The highest BCUT2D eigenvalue weighted by Crippen LogP contribution is 2.35. The van der Waals surface area contributed by atoms with Crippen molar-refractivity contribution in [2.45, 2.75) is 63.8 Å². The summed E-state index contributed by atoms with van der Waals surface area (Å²) in [5.74, 6) is -1.83. The zero-order valence-electron chi connectivity index (χ0n) is 18.8.